The molecule has 1 heterocycles. The van der Waals surface area contributed by atoms with E-state index in [2.05, 4.69) is 31.2 Å². The first-order valence-corrected chi connectivity index (χ1v) is 6.68. The van der Waals surface area contributed by atoms with Gasteiger partial charge in [0, 0.05) is 11.0 Å². The monoisotopic (exact) mass is 325 g/mol. The molecule has 0 spiro atoms. The van der Waals surface area contributed by atoms with Gasteiger partial charge < -0.3 is 10.1 Å². The molecule has 0 saturated heterocycles. The molecule has 1 N–H and O–H groups in total. The van der Waals surface area contributed by atoms with Crippen LogP contribution in [0.1, 0.15) is 13.3 Å². The molecule has 0 saturated carbocycles. The van der Waals surface area contributed by atoms with Crippen LogP contribution in [0, 0.1) is 5.82 Å². The number of ether oxygens (including phenoxy) is 1. The third-order valence-corrected chi connectivity index (χ3v) is 2.75. The van der Waals surface area contributed by atoms with Gasteiger partial charge in [0.05, 0.1) is 6.20 Å². The van der Waals surface area contributed by atoms with Crippen molar-refractivity contribution >= 4 is 21.9 Å². The standard InChI is InChI=1S/C13H13BrFN3O/c1-2-6-16-13-17-8-11(15)12(18-13)19-10-5-3-4-9(14)7-10/h3-5,7-8H,2,6H2,1H3,(H,16,17,18). The number of aromatic nitrogens is 2. The molecule has 0 radical (unpaired) electrons. The van der Waals surface area contributed by atoms with Crippen LogP contribution in [0.4, 0.5) is 10.3 Å². The maximum Gasteiger partial charge on any atom is 0.260 e. The van der Waals surface area contributed by atoms with Gasteiger partial charge in [0.25, 0.3) is 5.88 Å². The van der Waals surface area contributed by atoms with Crippen molar-refractivity contribution in [3.63, 3.8) is 0 Å². The van der Waals surface area contributed by atoms with Crippen molar-refractivity contribution in [3.8, 4) is 11.6 Å². The van der Waals surface area contributed by atoms with Crippen molar-refractivity contribution in [1.29, 1.82) is 0 Å². The second-order valence-electron chi connectivity index (χ2n) is 3.83. The van der Waals surface area contributed by atoms with Crippen molar-refractivity contribution in [2.75, 3.05) is 11.9 Å². The van der Waals surface area contributed by atoms with Gasteiger partial charge in [-0.3, -0.25) is 0 Å². The minimum Gasteiger partial charge on any atom is -0.436 e. The summed E-state index contributed by atoms with van der Waals surface area (Å²) in [7, 11) is 0. The number of halogens is 2. The Bertz CT molecular complexity index is 565. The maximum absolute atomic E-state index is 13.6. The summed E-state index contributed by atoms with van der Waals surface area (Å²) in [4.78, 5) is 7.85. The molecule has 1 aromatic carbocycles. The zero-order valence-corrected chi connectivity index (χ0v) is 11.9. The van der Waals surface area contributed by atoms with Crippen LogP contribution in [0.5, 0.6) is 11.6 Å². The molecule has 0 aliphatic carbocycles. The van der Waals surface area contributed by atoms with Gasteiger partial charge in [-0.25, -0.2) is 4.98 Å². The molecule has 0 fully saturated rings. The molecule has 2 aromatic rings. The van der Waals surface area contributed by atoms with Gasteiger partial charge in [-0.1, -0.05) is 28.9 Å². The van der Waals surface area contributed by atoms with Crippen molar-refractivity contribution in [3.05, 3.63) is 40.8 Å². The van der Waals surface area contributed by atoms with Crippen molar-refractivity contribution in [2.24, 2.45) is 0 Å². The molecular formula is C13H13BrFN3O. The minimum absolute atomic E-state index is 0.0910. The lowest BCUT2D eigenvalue weighted by atomic mass is 10.3. The Morgan fingerprint density at radius 3 is 3.00 bits per heavy atom. The van der Waals surface area contributed by atoms with Gasteiger partial charge in [-0.2, -0.15) is 9.37 Å². The van der Waals surface area contributed by atoms with E-state index in [4.69, 9.17) is 4.74 Å². The van der Waals surface area contributed by atoms with Gasteiger partial charge >= 0.3 is 0 Å². The van der Waals surface area contributed by atoms with Crippen LogP contribution in [0.15, 0.2) is 34.9 Å². The summed E-state index contributed by atoms with van der Waals surface area (Å²) in [5.41, 5.74) is 0. The van der Waals surface area contributed by atoms with Gasteiger partial charge in [0.1, 0.15) is 5.75 Å². The number of nitrogens with one attached hydrogen (secondary N) is 1. The van der Waals surface area contributed by atoms with Crippen LogP contribution in [0.25, 0.3) is 0 Å². The largest absolute Gasteiger partial charge is 0.436 e. The van der Waals surface area contributed by atoms with Crippen LogP contribution >= 0.6 is 15.9 Å². The Balaban J connectivity index is 2.19. The molecule has 1 aromatic heterocycles. The van der Waals surface area contributed by atoms with Gasteiger partial charge in [-0.15, -0.1) is 0 Å². The van der Waals surface area contributed by atoms with E-state index in [9.17, 15) is 4.39 Å². The van der Waals surface area contributed by atoms with Crippen LogP contribution < -0.4 is 10.1 Å². The molecule has 2 rings (SSSR count). The first kappa shape index (κ1) is 13.7. The lowest BCUT2D eigenvalue weighted by Gasteiger charge is -2.08. The number of anilines is 1. The summed E-state index contributed by atoms with van der Waals surface area (Å²) in [5, 5.41) is 2.98. The Labute approximate surface area is 119 Å². The topological polar surface area (TPSA) is 47.0 Å². The Hall–Kier alpha value is -1.69. The zero-order chi connectivity index (χ0) is 13.7. The van der Waals surface area contributed by atoms with E-state index in [0.717, 1.165) is 23.6 Å². The number of benzene rings is 1. The maximum atomic E-state index is 13.6. The van der Waals surface area contributed by atoms with E-state index in [1.54, 1.807) is 18.2 Å². The summed E-state index contributed by atoms with van der Waals surface area (Å²) in [5.74, 6) is 0.176. The summed E-state index contributed by atoms with van der Waals surface area (Å²) in [6, 6.07) is 7.12. The predicted molar refractivity (Wildman–Crippen MR) is 75.0 cm³/mol. The highest BCUT2D eigenvalue weighted by Gasteiger charge is 2.09. The van der Waals surface area contributed by atoms with E-state index in [1.807, 2.05) is 13.0 Å². The average molecular weight is 326 g/mol. The summed E-state index contributed by atoms with van der Waals surface area (Å²) in [6.07, 6.45) is 2.03. The number of nitrogens with zero attached hydrogens (tertiary/aromatic N) is 2. The average Bonchev–Trinajstić information content (AvgIpc) is 2.40. The van der Waals surface area contributed by atoms with Gasteiger partial charge in [-0.05, 0) is 24.6 Å². The van der Waals surface area contributed by atoms with Crippen molar-refractivity contribution in [2.45, 2.75) is 13.3 Å². The van der Waals surface area contributed by atoms with E-state index in [0.29, 0.717) is 11.7 Å². The SMILES string of the molecule is CCCNc1ncc(F)c(Oc2cccc(Br)c2)n1. The Morgan fingerprint density at radius 2 is 2.26 bits per heavy atom. The minimum atomic E-state index is -0.595. The molecule has 0 aliphatic rings. The first-order chi connectivity index (χ1) is 9.19. The van der Waals surface area contributed by atoms with Crippen LogP contribution in [0.3, 0.4) is 0 Å². The van der Waals surface area contributed by atoms with E-state index < -0.39 is 5.82 Å². The van der Waals surface area contributed by atoms with Crippen molar-refractivity contribution < 1.29 is 9.13 Å². The molecule has 0 amide bonds. The fraction of sp³-hybridized carbons (Fsp3) is 0.231. The fourth-order valence-corrected chi connectivity index (χ4v) is 1.77. The molecule has 0 atom stereocenters. The molecule has 0 aliphatic heterocycles. The third-order valence-electron chi connectivity index (χ3n) is 2.26. The highest BCUT2D eigenvalue weighted by molar-refractivity contribution is 9.10. The molecular weight excluding hydrogens is 313 g/mol. The zero-order valence-electron chi connectivity index (χ0n) is 10.4. The lowest BCUT2D eigenvalue weighted by Crippen LogP contribution is -2.05. The van der Waals surface area contributed by atoms with E-state index in [-0.39, 0.29) is 5.88 Å². The summed E-state index contributed by atoms with van der Waals surface area (Å²) < 4.78 is 19.9. The molecule has 100 valence electrons. The second kappa shape index (κ2) is 6.47. The van der Waals surface area contributed by atoms with E-state index in [1.165, 1.54) is 0 Å². The number of rotatable bonds is 5. The molecule has 19 heavy (non-hydrogen) atoms. The van der Waals surface area contributed by atoms with E-state index >= 15 is 0 Å². The van der Waals surface area contributed by atoms with Gasteiger partial charge in [0.15, 0.2) is 0 Å². The normalized spacial score (nSPS) is 10.3. The van der Waals surface area contributed by atoms with Crippen LogP contribution in [-0.2, 0) is 0 Å². The number of hydrogen-bond donors (Lipinski definition) is 1. The summed E-state index contributed by atoms with van der Waals surface area (Å²) >= 11 is 3.32. The smallest absolute Gasteiger partial charge is 0.260 e. The summed E-state index contributed by atoms with van der Waals surface area (Å²) in [6.45, 7) is 2.75. The Kier molecular flexibility index (Phi) is 4.68. The highest BCUT2D eigenvalue weighted by atomic mass is 79.9. The Morgan fingerprint density at radius 1 is 1.42 bits per heavy atom. The van der Waals surface area contributed by atoms with Crippen LogP contribution in [0.2, 0.25) is 0 Å². The fourth-order valence-electron chi connectivity index (χ4n) is 1.39. The molecule has 0 unspecified atom stereocenters. The van der Waals surface area contributed by atoms with Crippen LogP contribution in [-0.4, -0.2) is 16.5 Å². The quantitative estimate of drug-likeness (QED) is 0.902. The third kappa shape index (κ3) is 3.89. The highest BCUT2D eigenvalue weighted by Crippen LogP contribution is 2.25. The van der Waals surface area contributed by atoms with Crippen molar-refractivity contribution in [1.82, 2.24) is 9.97 Å². The second-order valence-corrected chi connectivity index (χ2v) is 4.75. The first-order valence-electron chi connectivity index (χ1n) is 5.89. The molecule has 0 bridgehead atoms. The molecule has 4 nitrogen and oxygen atoms in total. The lowest BCUT2D eigenvalue weighted by molar-refractivity contribution is 0.420. The number of hydrogen-bond acceptors (Lipinski definition) is 4. The predicted octanol–water partition coefficient (Wildman–Crippen LogP) is 3.99. The molecule has 6 heteroatoms. The van der Waals surface area contributed by atoms with Gasteiger partial charge in [0.2, 0.25) is 11.8 Å².